The van der Waals surface area contributed by atoms with Gasteiger partial charge < -0.3 is 10.1 Å². The number of H-pyrrole nitrogens is 1. The van der Waals surface area contributed by atoms with Gasteiger partial charge >= 0.3 is 0 Å². The molecule has 5 heteroatoms. The minimum Gasteiger partial charge on any atom is -0.390 e. The second kappa shape index (κ2) is 4.63. The fourth-order valence-electron chi connectivity index (χ4n) is 1.26. The zero-order chi connectivity index (χ0) is 10.8. The lowest BCUT2D eigenvalue weighted by Crippen LogP contribution is -1.86. The van der Waals surface area contributed by atoms with Crippen molar-refractivity contribution >= 4 is 38.5 Å². The monoisotopic (exact) mass is 378 g/mol. The summed E-state index contributed by atoms with van der Waals surface area (Å²) in [5.41, 5.74) is 1.77. The van der Waals surface area contributed by atoms with Crippen LogP contribution in [0.1, 0.15) is 5.69 Å². The van der Waals surface area contributed by atoms with E-state index < -0.39 is 0 Å². The van der Waals surface area contributed by atoms with E-state index in [9.17, 15) is 0 Å². The second-order valence-corrected chi connectivity index (χ2v) is 5.12. The van der Waals surface area contributed by atoms with Gasteiger partial charge in [-0.15, -0.1) is 0 Å². The molecule has 1 aromatic carbocycles. The lowest BCUT2D eigenvalue weighted by Gasteiger charge is -2.01. The van der Waals surface area contributed by atoms with E-state index in [1.165, 1.54) is 0 Å². The van der Waals surface area contributed by atoms with E-state index in [-0.39, 0.29) is 6.61 Å². The summed E-state index contributed by atoms with van der Waals surface area (Å²) < 4.78 is 2.16. The number of aromatic nitrogens is 2. The van der Waals surface area contributed by atoms with Gasteiger partial charge in [0.15, 0.2) is 0 Å². The Balaban J connectivity index is 2.44. The van der Waals surface area contributed by atoms with Gasteiger partial charge in [-0.25, -0.2) is 4.98 Å². The van der Waals surface area contributed by atoms with Crippen LogP contribution in [0.15, 0.2) is 28.9 Å². The van der Waals surface area contributed by atoms with Crippen LogP contribution >= 0.6 is 38.5 Å². The van der Waals surface area contributed by atoms with Crippen molar-refractivity contribution in [2.24, 2.45) is 0 Å². The van der Waals surface area contributed by atoms with Gasteiger partial charge in [0, 0.05) is 13.6 Å². The second-order valence-electron chi connectivity index (χ2n) is 3.04. The third-order valence-corrected chi connectivity index (χ3v) is 3.37. The summed E-state index contributed by atoms with van der Waals surface area (Å²) in [5, 5.41) is 8.93. The maximum Gasteiger partial charge on any atom is 0.138 e. The predicted octanol–water partition coefficient (Wildman–Crippen LogP) is 2.94. The molecule has 2 N–H and O–H groups in total. The van der Waals surface area contributed by atoms with E-state index in [4.69, 9.17) is 5.11 Å². The Bertz CT molecular complexity index is 484. The molecule has 0 amide bonds. The summed E-state index contributed by atoms with van der Waals surface area (Å²) in [5.74, 6) is 0.788. The van der Waals surface area contributed by atoms with Gasteiger partial charge in [0.05, 0.1) is 18.5 Å². The summed E-state index contributed by atoms with van der Waals surface area (Å²) >= 11 is 5.67. The Morgan fingerprint density at radius 3 is 2.87 bits per heavy atom. The number of halogens is 2. The van der Waals surface area contributed by atoms with Crippen LogP contribution in [-0.2, 0) is 6.61 Å². The Hall–Kier alpha value is -0.400. The van der Waals surface area contributed by atoms with Crippen molar-refractivity contribution in [2.45, 2.75) is 6.61 Å². The lowest BCUT2D eigenvalue weighted by molar-refractivity contribution is 0.277. The molecule has 0 aliphatic carbocycles. The molecule has 0 spiro atoms. The highest BCUT2D eigenvalue weighted by molar-refractivity contribution is 14.1. The van der Waals surface area contributed by atoms with E-state index in [0.717, 1.165) is 25.1 Å². The highest BCUT2D eigenvalue weighted by Crippen LogP contribution is 2.25. The molecule has 2 rings (SSSR count). The number of aromatic amines is 1. The Kier molecular flexibility index (Phi) is 3.42. The first-order chi connectivity index (χ1) is 7.20. The number of nitrogens with one attached hydrogen (secondary N) is 1. The van der Waals surface area contributed by atoms with E-state index >= 15 is 0 Å². The molecule has 3 nitrogen and oxygen atoms in total. The van der Waals surface area contributed by atoms with E-state index in [2.05, 4.69) is 48.5 Å². The minimum atomic E-state index is -0.0138. The van der Waals surface area contributed by atoms with Crippen LogP contribution in [0.25, 0.3) is 11.4 Å². The number of aliphatic hydroxyl groups excluding tert-OH is 1. The number of nitrogens with zero attached hydrogens (tertiary/aromatic N) is 1. The molecular weight excluding hydrogens is 371 g/mol. The van der Waals surface area contributed by atoms with Gasteiger partial charge in [0.1, 0.15) is 5.82 Å². The van der Waals surface area contributed by atoms with Gasteiger partial charge in [-0.1, -0.05) is 15.9 Å². The smallest absolute Gasteiger partial charge is 0.138 e. The largest absolute Gasteiger partial charge is 0.390 e. The van der Waals surface area contributed by atoms with Crippen LogP contribution in [0.5, 0.6) is 0 Å². The predicted molar refractivity (Wildman–Crippen MR) is 70.4 cm³/mol. The van der Waals surface area contributed by atoms with Crippen molar-refractivity contribution in [2.75, 3.05) is 0 Å². The Morgan fingerprint density at radius 2 is 2.27 bits per heavy atom. The molecule has 1 aromatic heterocycles. The molecule has 0 unspecified atom stereocenters. The van der Waals surface area contributed by atoms with Crippen molar-refractivity contribution in [3.8, 4) is 11.4 Å². The van der Waals surface area contributed by atoms with E-state index in [0.29, 0.717) is 0 Å². The van der Waals surface area contributed by atoms with Crippen molar-refractivity contribution in [3.63, 3.8) is 0 Å². The maximum absolute atomic E-state index is 8.93. The van der Waals surface area contributed by atoms with Gasteiger partial charge in [-0.05, 0) is 40.8 Å². The Labute approximate surface area is 109 Å². The molecule has 0 bridgehead atoms. The SMILES string of the molecule is OCc1cnc(-c2ccc(Br)cc2I)[nH]1. The van der Waals surface area contributed by atoms with Crippen molar-refractivity contribution < 1.29 is 5.11 Å². The van der Waals surface area contributed by atoms with Crippen LogP contribution in [0.4, 0.5) is 0 Å². The van der Waals surface area contributed by atoms with Gasteiger partial charge in [0.25, 0.3) is 0 Å². The topological polar surface area (TPSA) is 48.9 Å². The number of hydrogen-bond donors (Lipinski definition) is 2. The zero-order valence-corrected chi connectivity index (χ0v) is 11.4. The first kappa shape index (κ1) is 11.1. The summed E-state index contributed by atoms with van der Waals surface area (Å²) in [6.07, 6.45) is 1.65. The number of benzene rings is 1. The summed E-state index contributed by atoms with van der Waals surface area (Å²) in [7, 11) is 0. The summed E-state index contributed by atoms with van der Waals surface area (Å²) in [6.45, 7) is -0.0138. The molecule has 2 aromatic rings. The van der Waals surface area contributed by atoms with Crippen LogP contribution < -0.4 is 0 Å². The molecule has 0 aliphatic heterocycles. The van der Waals surface area contributed by atoms with Crippen LogP contribution in [0.3, 0.4) is 0 Å². The zero-order valence-electron chi connectivity index (χ0n) is 7.67. The standard InChI is InChI=1S/C10H8BrIN2O/c11-6-1-2-8(9(12)3-6)10-13-4-7(5-15)14-10/h1-4,15H,5H2,(H,13,14). The third kappa shape index (κ3) is 2.40. The molecule has 0 saturated heterocycles. The first-order valence-electron chi connectivity index (χ1n) is 4.31. The molecule has 0 saturated carbocycles. The number of imidazole rings is 1. The molecule has 15 heavy (non-hydrogen) atoms. The van der Waals surface area contributed by atoms with Crippen molar-refractivity contribution in [1.82, 2.24) is 9.97 Å². The third-order valence-electron chi connectivity index (χ3n) is 1.99. The average molecular weight is 379 g/mol. The summed E-state index contributed by atoms with van der Waals surface area (Å²) in [6, 6.07) is 5.99. The minimum absolute atomic E-state index is 0.0138. The van der Waals surface area contributed by atoms with E-state index in [1.54, 1.807) is 6.20 Å². The average Bonchev–Trinajstić information content (AvgIpc) is 2.66. The summed E-state index contributed by atoms with van der Waals surface area (Å²) in [4.78, 5) is 7.27. The molecule has 78 valence electrons. The fraction of sp³-hybridized carbons (Fsp3) is 0.100. The first-order valence-corrected chi connectivity index (χ1v) is 6.18. The lowest BCUT2D eigenvalue weighted by atomic mass is 10.2. The van der Waals surface area contributed by atoms with Crippen molar-refractivity contribution in [1.29, 1.82) is 0 Å². The fourth-order valence-corrected chi connectivity index (χ4v) is 2.82. The highest BCUT2D eigenvalue weighted by Gasteiger charge is 2.07. The molecular formula is C10H8BrIN2O. The van der Waals surface area contributed by atoms with Crippen LogP contribution in [-0.4, -0.2) is 15.1 Å². The number of aliphatic hydroxyl groups is 1. The van der Waals surface area contributed by atoms with E-state index in [1.807, 2.05) is 18.2 Å². The molecule has 0 aliphatic rings. The number of hydrogen-bond acceptors (Lipinski definition) is 2. The molecule has 0 fully saturated rings. The normalized spacial score (nSPS) is 10.6. The Morgan fingerprint density at radius 1 is 1.47 bits per heavy atom. The van der Waals surface area contributed by atoms with Gasteiger partial charge in [0.2, 0.25) is 0 Å². The molecule has 0 atom stereocenters. The van der Waals surface area contributed by atoms with Crippen LogP contribution in [0, 0.1) is 3.57 Å². The highest BCUT2D eigenvalue weighted by atomic mass is 127. The maximum atomic E-state index is 8.93. The van der Waals surface area contributed by atoms with Crippen molar-refractivity contribution in [3.05, 3.63) is 38.1 Å². The molecule has 1 heterocycles. The van der Waals surface area contributed by atoms with Gasteiger partial charge in [-0.2, -0.15) is 0 Å². The quantitative estimate of drug-likeness (QED) is 0.789. The van der Waals surface area contributed by atoms with Crippen LogP contribution in [0.2, 0.25) is 0 Å². The van der Waals surface area contributed by atoms with Gasteiger partial charge in [-0.3, -0.25) is 0 Å². The number of rotatable bonds is 2. The molecule has 0 radical (unpaired) electrons.